The maximum atomic E-state index is 5.81. The summed E-state index contributed by atoms with van der Waals surface area (Å²) in [5, 5.41) is 0. The van der Waals surface area contributed by atoms with Crippen LogP contribution >= 0.6 is 0 Å². The molecule has 0 amide bonds. The first-order valence-corrected chi connectivity index (χ1v) is 7.91. The molecular formula is C19H26N2. The molecule has 0 atom stereocenters. The Morgan fingerprint density at radius 3 is 1.62 bits per heavy atom. The van der Waals surface area contributed by atoms with Crippen molar-refractivity contribution in [2.75, 3.05) is 11.5 Å². The zero-order valence-corrected chi connectivity index (χ0v) is 12.9. The van der Waals surface area contributed by atoms with E-state index in [1.165, 1.54) is 43.2 Å². The lowest BCUT2D eigenvalue weighted by Crippen LogP contribution is -2.02. The first kappa shape index (κ1) is 15.4. The van der Waals surface area contributed by atoms with E-state index in [0.717, 1.165) is 11.4 Å². The first-order chi connectivity index (χ1) is 10.2. The Morgan fingerprint density at radius 1 is 0.714 bits per heavy atom. The van der Waals surface area contributed by atoms with Crippen LogP contribution in [0.2, 0.25) is 0 Å². The van der Waals surface area contributed by atoms with Gasteiger partial charge in [0.1, 0.15) is 0 Å². The summed E-state index contributed by atoms with van der Waals surface area (Å²) >= 11 is 0. The van der Waals surface area contributed by atoms with Crippen LogP contribution in [0.5, 0.6) is 0 Å². The lowest BCUT2D eigenvalue weighted by molar-refractivity contribution is 0.596. The second-order valence-electron chi connectivity index (χ2n) is 5.74. The van der Waals surface area contributed by atoms with Gasteiger partial charge in [-0.25, -0.2) is 0 Å². The summed E-state index contributed by atoms with van der Waals surface area (Å²) in [5.74, 6) is 0.433. The van der Waals surface area contributed by atoms with E-state index < -0.39 is 0 Å². The van der Waals surface area contributed by atoms with Crippen molar-refractivity contribution in [2.45, 2.75) is 44.9 Å². The molecule has 0 aromatic heterocycles. The van der Waals surface area contributed by atoms with E-state index >= 15 is 0 Å². The van der Waals surface area contributed by atoms with Crippen molar-refractivity contribution in [3.63, 3.8) is 0 Å². The van der Waals surface area contributed by atoms with Gasteiger partial charge < -0.3 is 11.5 Å². The molecule has 0 bridgehead atoms. The summed E-state index contributed by atoms with van der Waals surface area (Å²) < 4.78 is 0. The second-order valence-corrected chi connectivity index (χ2v) is 5.74. The second kappa shape index (κ2) is 7.72. The summed E-state index contributed by atoms with van der Waals surface area (Å²) in [6.07, 6.45) is 6.32. The van der Waals surface area contributed by atoms with Gasteiger partial charge in [0.05, 0.1) is 0 Å². The molecule has 2 nitrogen and oxygen atoms in total. The van der Waals surface area contributed by atoms with E-state index in [9.17, 15) is 0 Å². The van der Waals surface area contributed by atoms with Crippen molar-refractivity contribution in [2.24, 2.45) is 0 Å². The Bertz CT molecular complexity index is 483. The van der Waals surface area contributed by atoms with Crippen LogP contribution in [0.3, 0.4) is 0 Å². The van der Waals surface area contributed by atoms with Crippen molar-refractivity contribution < 1.29 is 0 Å². The maximum Gasteiger partial charge on any atom is 0.0314 e. The fourth-order valence-corrected chi connectivity index (χ4v) is 2.76. The summed E-state index contributed by atoms with van der Waals surface area (Å²) in [4.78, 5) is 0. The summed E-state index contributed by atoms with van der Waals surface area (Å²) in [7, 11) is 0. The predicted molar refractivity (Wildman–Crippen MR) is 92.3 cm³/mol. The van der Waals surface area contributed by atoms with E-state index in [1.54, 1.807) is 0 Å². The zero-order valence-electron chi connectivity index (χ0n) is 12.9. The monoisotopic (exact) mass is 282 g/mol. The molecule has 0 saturated heterocycles. The normalized spacial score (nSPS) is 11.0. The van der Waals surface area contributed by atoms with Gasteiger partial charge in [0.15, 0.2) is 0 Å². The Kier molecular flexibility index (Phi) is 5.68. The molecule has 2 heteroatoms. The molecule has 2 aromatic carbocycles. The summed E-state index contributed by atoms with van der Waals surface area (Å²) in [5.41, 5.74) is 15.9. The fraction of sp³-hybridized carbons (Fsp3) is 0.368. The zero-order chi connectivity index (χ0) is 15.1. The van der Waals surface area contributed by atoms with Crippen LogP contribution in [-0.2, 0) is 0 Å². The highest BCUT2D eigenvalue weighted by atomic mass is 14.5. The largest absolute Gasteiger partial charge is 0.399 e. The molecule has 0 aliphatic carbocycles. The van der Waals surface area contributed by atoms with E-state index in [0.29, 0.717) is 5.92 Å². The Morgan fingerprint density at radius 2 is 1.19 bits per heavy atom. The summed E-state index contributed by atoms with van der Waals surface area (Å²) in [6, 6.07) is 16.6. The van der Waals surface area contributed by atoms with Crippen molar-refractivity contribution >= 4 is 11.4 Å². The Labute approximate surface area is 128 Å². The number of benzene rings is 2. The molecule has 0 radical (unpaired) electrons. The molecule has 0 aliphatic heterocycles. The molecular weight excluding hydrogens is 256 g/mol. The molecule has 0 fully saturated rings. The highest BCUT2D eigenvalue weighted by molar-refractivity contribution is 5.45. The molecule has 0 spiro atoms. The topological polar surface area (TPSA) is 52.0 Å². The van der Waals surface area contributed by atoms with Crippen LogP contribution in [-0.4, -0.2) is 0 Å². The minimum atomic E-state index is 0.433. The minimum absolute atomic E-state index is 0.433. The molecule has 0 aliphatic rings. The minimum Gasteiger partial charge on any atom is -0.399 e. The van der Waals surface area contributed by atoms with Gasteiger partial charge in [-0.1, -0.05) is 56.9 Å². The number of rotatable bonds is 7. The fourth-order valence-electron chi connectivity index (χ4n) is 2.76. The van der Waals surface area contributed by atoms with Gasteiger partial charge in [-0.05, 0) is 41.8 Å². The molecule has 2 rings (SSSR count). The Hall–Kier alpha value is -1.96. The smallest absolute Gasteiger partial charge is 0.0314 e. The number of nitrogen functional groups attached to an aromatic ring is 2. The highest BCUT2D eigenvalue weighted by Gasteiger charge is 2.13. The van der Waals surface area contributed by atoms with Gasteiger partial charge in [-0.2, -0.15) is 0 Å². The number of hydrogen-bond donors (Lipinski definition) is 2. The van der Waals surface area contributed by atoms with Crippen molar-refractivity contribution in [1.82, 2.24) is 0 Å². The van der Waals surface area contributed by atoms with Crippen LogP contribution < -0.4 is 11.5 Å². The lowest BCUT2D eigenvalue weighted by Gasteiger charge is -2.18. The van der Waals surface area contributed by atoms with Gasteiger partial charge in [0.2, 0.25) is 0 Å². The van der Waals surface area contributed by atoms with E-state index in [2.05, 4.69) is 31.2 Å². The third kappa shape index (κ3) is 4.52. The SMILES string of the molecule is CCCCCCC(c1ccc(N)cc1)c1ccc(N)cc1. The van der Waals surface area contributed by atoms with Crippen molar-refractivity contribution in [3.8, 4) is 0 Å². The quantitative estimate of drug-likeness (QED) is 0.557. The number of nitrogens with two attached hydrogens (primary N) is 2. The van der Waals surface area contributed by atoms with Gasteiger partial charge in [0.25, 0.3) is 0 Å². The predicted octanol–water partition coefficient (Wildman–Crippen LogP) is 4.95. The summed E-state index contributed by atoms with van der Waals surface area (Å²) in [6.45, 7) is 2.25. The number of unbranched alkanes of at least 4 members (excludes halogenated alkanes) is 3. The van der Waals surface area contributed by atoms with Crippen LogP contribution in [0.1, 0.15) is 56.1 Å². The van der Waals surface area contributed by atoms with Crippen molar-refractivity contribution in [1.29, 1.82) is 0 Å². The molecule has 0 unspecified atom stereocenters. The highest BCUT2D eigenvalue weighted by Crippen LogP contribution is 2.31. The van der Waals surface area contributed by atoms with Crippen LogP contribution in [0.25, 0.3) is 0 Å². The maximum absolute atomic E-state index is 5.81. The number of hydrogen-bond acceptors (Lipinski definition) is 2. The van der Waals surface area contributed by atoms with Crippen LogP contribution in [0, 0.1) is 0 Å². The molecule has 112 valence electrons. The Balaban J connectivity index is 2.17. The lowest BCUT2D eigenvalue weighted by atomic mass is 9.86. The third-order valence-corrected chi connectivity index (χ3v) is 4.02. The van der Waals surface area contributed by atoms with E-state index in [-0.39, 0.29) is 0 Å². The third-order valence-electron chi connectivity index (χ3n) is 4.02. The molecule has 4 N–H and O–H groups in total. The molecule has 2 aromatic rings. The molecule has 0 saturated carbocycles. The van der Waals surface area contributed by atoms with E-state index in [4.69, 9.17) is 11.5 Å². The first-order valence-electron chi connectivity index (χ1n) is 7.91. The molecule has 0 heterocycles. The van der Waals surface area contributed by atoms with Crippen LogP contribution in [0.4, 0.5) is 11.4 Å². The average Bonchev–Trinajstić information content (AvgIpc) is 2.50. The van der Waals surface area contributed by atoms with Crippen LogP contribution in [0.15, 0.2) is 48.5 Å². The average molecular weight is 282 g/mol. The van der Waals surface area contributed by atoms with Gasteiger partial charge in [-0.15, -0.1) is 0 Å². The molecule has 21 heavy (non-hydrogen) atoms. The van der Waals surface area contributed by atoms with Gasteiger partial charge >= 0.3 is 0 Å². The number of anilines is 2. The standard InChI is InChI=1S/C19H26N2/c1-2-3-4-5-6-19(15-7-11-17(20)12-8-15)16-9-13-18(21)14-10-16/h7-14,19H,2-6,20-21H2,1H3. The van der Waals surface area contributed by atoms with Gasteiger partial charge in [0, 0.05) is 17.3 Å². The van der Waals surface area contributed by atoms with E-state index in [1.807, 2.05) is 24.3 Å². The van der Waals surface area contributed by atoms with Gasteiger partial charge in [-0.3, -0.25) is 0 Å². The van der Waals surface area contributed by atoms with Crippen molar-refractivity contribution in [3.05, 3.63) is 59.7 Å².